The molecule has 0 fully saturated rings. The Kier molecular flexibility index (Phi) is 6.91. The highest BCUT2D eigenvalue weighted by atomic mass is 16.5. The van der Waals surface area contributed by atoms with Gasteiger partial charge in [0, 0.05) is 18.5 Å². The van der Waals surface area contributed by atoms with Crippen molar-refractivity contribution in [3.8, 4) is 5.75 Å². The summed E-state index contributed by atoms with van der Waals surface area (Å²) in [5.41, 5.74) is 6.11. The minimum atomic E-state index is -0.320. The molecule has 2 N–H and O–H groups in total. The van der Waals surface area contributed by atoms with Crippen LogP contribution < -0.4 is 15.5 Å². The first kappa shape index (κ1) is 19.2. The van der Waals surface area contributed by atoms with Gasteiger partial charge in [-0.05, 0) is 43.2 Å². The van der Waals surface area contributed by atoms with Gasteiger partial charge in [0.15, 0.2) is 0 Å². The second kappa shape index (κ2) is 9.36. The molecule has 2 aromatic rings. The van der Waals surface area contributed by atoms with Gasteiger partial charge < -0.3 is 10.1 Å². The zero-order valence-corrected chi connectivity index (χ0v) is 15.2. The highest BCUT2D eigenvalue weighted by Crippen LogP contribution is 2.16. The molecule has 0 unspecified atom stereocenters. The molecule has 6 nitrogen and oxygen atoms in total. The fraction of sp³-hybridized carbons (Fsp3) is 0.250. The Hall–Kier alpha value is -3.15. The molecule has 26 heavy (non-hydrogen) atoms. The maximum atomic E-state index is 12.0. The van der Waals surface area contributed by atoms with Crippen LogP contribution in [0.15, 0.2) is 47.6 Å². The minimum absolute atomic E-state index is 0.0617. The van der Waals surface area contributed by atoms with Crippen LogP contribution >= 0.6 is 0 Å². The van der Waals surface area contributed by atoms with Crippen molar-refractivity contribution in [3.05, 3.63) is 59.2 Å². The molecule has 0 aliphatic heterocycles. The number of hydrazone groups is 1. The lowest BCUT2D eigenvalue weighted by Gasteiger charge is -2.08. The molecule has 0 aromatic heterocycles. The van der Waals surface area contributed by atoms with Crippen LogP contribution in [0.1, 0.15) is 29.5 Å². The van der Waals surface area contributed by atoms with E-state index in [2.05, 4.69) is 15.8 Å². The molecule has 0 spiro atoms. The first-order valence-electron chi connectivity index (χ1n) is 8.31. The molecule has 2 amide bonds. The lowest BCUT2D eigenvalue weighted by atomic mass is 10.1. The van der Waals surface area contributed by atoms with E-state index in [1.54, 1.807) is 13.2 Å². The molecule has 0 aliphatic rings. The summed E-state index contributed by atoms with van der Waals surface area (Å²) in [4.78, 5) is 23.8. The number of aryl methyl sites for hydroxylation is 2. The summed E-state index contributed by atoms with van der Waals surface area (Å²) in [6, 6.07) is 13.1. The second-order valence-electron chi connectivity index (χ2n) is 5.94. The Labute approximate surface area is 153 Å². The summed E-state index contributed by atoms with van der Waals surface area (Å²) >= 11 is 0. The third-order valence-electron chi connectivity index (χ3n) is 3.73. The number of amides is 2. The van der Waals surface area contributed by atoms with Crippen molar-refractivity contribution >= 4 is 23.7 Å². The van der Waals surface area contributed by atoms with Crippen LogP contribution in [0.3, 0.4) is 0 Å². The Balaban J connectivity index is 1.77. The first-order valence-corrected chi connectivity index (χ1v) is 8.31. The molecule has 2 aromatic carbocycles. The van der Waals surface area contributed by atoms with Crippen LogP contribution in [-0.2, 0) is 9.59 Å². The van der Waals surface area contributed by atoms with E-state index < -0.39 is 0 Å². The number of carbonyl (C=O) groups is 2. The number of anilines is 1. The van der Waals surface area contributed by atoms with Crippen molar-refractivity contribution in [2.24, 2.45) is 5.10 Å². The van der Waals surface area contributed by atoms with Gasteiger partial charge >= 0.3 is 0 Å². The minimum Gasteiger partial charge on any atom is -0.497 e. The quantitative estimate of drug-likeness (QED) is 0.593. The molecule has 0 saturated carbocycles. The highest BCUT2D eigenvalue weighted by molar-refractivity contribution is 5.94. The average Bonchev–Trinajstić information content (AvgIpc) is 2.62. The topological polar surface area (TPSA) is 79.8 Å². The van der Waals surface area contributed by atoms with E-state index in [1.165, 1.54) is 6.21 Å². The number of methoxy groups -OCH3 is 1. The zero-order valence-electron chi connectivity index (χ0n) is 15.2. The number of rotatable bonds is 7. The predicted octanol–water partition coefficient (Wildman–Crippen LogP) is 3.18. The molecule has 0 saturated heterocycles. The Morgan fingerprint density at radius 1 is 1.08 bits per heavy atom. The van der Waals surface area contributed by atoms with Crippen LogP contribution in [0.4, 0.5) is 5.69 Å². The van der Waals surface area contributed by atoms with Crippen molar-refractivity contribution in [3.63, 3.8) is 0 Å². The number of benzene rings is 2. The van der Waals surface area contributed by atoms with E-state index >= 15 is 0 Å². The van der Waals surface area contributed by atoms with Gasteiger partial charge in [0.1, 0.15) is 5.75 Å². The predicted molar refractivity (Wildman–Crippen MR) is 103 cm³/mol. The van der Waals surface area contributed by atoms with Gasteiger partial charge in [-0.25, -0.2) is 5.43 Å². The van der Waals surface area contributed by atoms with Gasteiger partial charge in [0.25, 0.3) is 0 Å². The van der Waals surface area contributed by atoms with E-state index in [-0.39, 0.29) is 24.7 Å². The van der Waals surface area contributed by atoms with Crippen LogP contribution in [0.5, 0.6) is 5.75 Å². The van der Waals surface area contributed by atoms with Crippen LogP contribution in [-0.4, -0.2) is 25.1 Å². The summed E-state index contributed by atoms with van der Waals surface area (Å²) < 4.78 is 5.12. The molecule has 0 heterocycles. The van der Waals surface area contributed by atoms with Gasteiger partial charge in [-0.15, -0.1) is 0 Å². The van der Waals surface area contributed by atoms with Crippen molar-refractivity contribution in [2.75, 3.05) is 12.4 Å². The molecule has 6 heteroatoms. The van der Waals surface area contributed by atoms with Crippen molar-refractivity contribution in [1.29, 1.82) is 0 Å². The zero-order chi connectivity index (χ0) is 18.9. The van der Waals surface area contributed by atoms with Gasteiger partial charge in [-0.3, -0.25) is 9.59 Å². The van der Waals surface area contributed by atoms with E-state index in [0.717, 1.165) is 22.4 Å². The summed E-state index contributed by atoms with van der Waals surface area (Å²) in [6.45, 7) is 3.93. The summed E-state index contributed by atoms with van der Waals surface area (Å²) in [5.74, 6) is 0.187. The number of hydrogen-bond donors (Lipinski definition) is 2. The fourth-order valence-corrected chi connectivity index (χ4v) is 2.35. The van der Waals surface area contributed by atoms with Gasteiger partial charge in [0.05, 0.1) is 13.3 Å². The largest absolute Gasteiger partial charge is 0.497 e. The molecular weight excluding hydrogens is 330 g/mol. The molecule has 0 atom stereocenters. The van der Waals surface area contributed by atoms with Gasteiger partial charge in [-0.1, -0.05) is 29.8 Å². The van der Waals surface area contributed by atoms with E-state index in [0.29, 0.717) is 5.75 Å². The monoisotopic (exact) mass is 353 g/mol. The SMILES string of the molecule is COc1cccc(C=NNC(=O)CCC(=O)Nc2ccc(C)cc2C)c1. The maximum absolute atomic E-state index is 12.0. The Bertz CT molecular complexity index is 816. The van der Waals surface area contributed by atoms with E-state index in [9.17, 15) is 9.59 Å². The lowest BCUT2D eigenvalue weighted by Crippen LogP contribution is -2.20. The standard InChI is InChI=1S/C20H23N3O3/c1-14-7-8-18(15(2)11-14)22-19(24)9-10-20(25)23-21-13-16-5-4-6-17(12-16)26-3/h4-8,11-13H,9-10H2,1-3H3,(H,22,24)(H,23,25). The van der Waals surface area contributed by atoms with E-state index in [4.69, 9.17) is 4.74 Å². The summed E-state index contributed by atoms with van der Waals surface area (Å²) in [5, 5.41) is 6.71. The second-order valence-corrected chi connectivity index (χ2v) is 5.94. The summed E-state index contributed by atoms with van der Waals surface area (Å²) in [6.07, 6.45) is 1.68. The number of ether oxygens (including phenoxy) is 1. The van der Waals surface area contributed by atoms with Gasteiger partial charge in [-0.2, -0.15) is 5.10 Å². The lowest BCUT2D eigenvalue weighted by molar-refractivity contribution is -0.124. The smallest absolute Gasteiger partial charge is 0.240 e. The fourth-order valence-electron chi connectivity index (χ4n) is 2.35. The maximum Gasteiger partial charge on any atom is 0.240 e. The molecule has 0 aliphatic carbocycles. The number of nitrogens with one attached hydrogen (secondary N) is 2. The highest BCUT2D eigenvalue weighted by Gasteiger charge is 2.08. The average molecular weight is 353 g/mol. The van der Waals surface area contributed by atoms with Crippen molar-refractivity contribution < 1.29 is 14.3 Å². The van der Waals surface area contributed by atoms with E-state index in [1.807, 2.05) is 50.2 Å². The molecular formula is C20H23N3O3. The van der Waals surface area contributed by atoms with Crippen LogP contribution in [0, 0.1) is 13.8 Å². The van der Waals surface area contributed by atoms with Crippen LogP contribution in [0.2, 0.25) is 0 Å². The molecule has 0 bridgehead atoms. The molecule has 0 radical (unpaired) electrons. The molecule has 136 valence electrons. The number of nitrogens with zero attached hydrogens (tertiary/aromatic N) is 1. The first-order chi connectivity index (χ1) is 12.5. The molecule has 2 rings (SSSR count). The third kappa shape index (κ3) is 6.05. The Morgan fingerprint density at radius 3 is 2.58 bits per heavy atom. The third-order valence-corrected chi connectivity index (χ3v) is 3.73. The van der Waals surface area contributed by atoms with Crippen molar-refractivity contribution in [1.82, 2.24) is 5.43 Å². The Morgan fingerprint density at radius 2 is 1.85 bits per heavy atom. The van der Waals surface area contributed by atoms with Crippen LogP contribution in [0.25, 0.3) is 0 Å². The van der Waals surface area contributed by atoms with Gasteiger partial charge in [0.2, 0.25) is 11.8 Å². The normalized spacial score (nSPS) is 10.6. The number of carbonyl (C=O) groups excluding carboxylic acids is 2. The number of hydrogen-bond acceptors (Lipinski definition) is 4. The van der Waals surface area contributed by atoms with Crippen molar-refractivity contribution in [2.45, 2.75) is 26.7 Å². The summed E-state index contributed by atoms with van der Waals surface area (Å²) in [7, 11) is 1.58.